The summed E-state index contributed by atoms with van der Waals surface area (Å²) in [5.41, 5.74) is 6.14. The third-order valence-corrected chi connectivity index (χ3v) is 6.31. The molecule has 7 nitrogen and oxygen atoms in total. The van der Waals surface area contributed by atoms with Crippen LogP contribution in [-0.2, 0) is 20.1 Å². The van der Waals surface area contributed by atoms with E-state index in [1.165, 1.54) is 18.4 Å². The van der Waals surface area contributed by atoms with E-state index < -0.39 is 15.4 Å². The lowest BCUT2D eigenvalue weighted by molar-refractivity contribution is -0.162. The highest BCUT2D eigenvalue weighted by molar-refractivity contribution is 7.90. The van der Waals surface area contributed by atoms with Crippen molar-refractivity contribution >= 4 is 9.84 Å². The van der Waals surface area contributed by atoms with Gasteiger partial charge >= 0.3 is 0 Å². The Morgan fingerprint density at radius 1 is 1.32 bits per heavy atom. The van der Waals surface area contributed by atoms with Gasteiger partial charge in [0.1, 0.15) is 5.54 Å². The normalized spacial score (nSPS) is 25.6. The fourth-order valence-corrected chi connectivity index (χ4v) is 3.80. The Morgan fingerprint density at radius 2 is 1.96 bits per heavy atom. The summed E-state index contributed by atoms with van der Waals surface area (Å²) in [6, 6.07) is 6.36. The van der Waals surface area contributed by atoms with Crippen LogP contribution in [0.25, 0.3) is 11.4 Å². The Kier molecular flexibility index (Phi) is 4.25. The number of hydrogen-bond donors (Lipinski definition) is 1. The molecule has 8 heteroatoms. The van der Waals surface area contributed by atoms with Crippen LogP contribution in [0, 0.1) is 5.41 Å². The minimum atomic E-state index is -3.24. The smallest absolute Gasteiger partial charge is 0.247 e. The molecule has 136 valence electrons. The molecule has 1 aliphatic rings. The van der Waals surface area contributed by atoms with E-state index in [4.69, 9.17) is 15.0 Å². The molecule has 0 radical (unpaired) electrons. The van der Waals surface area contributed by atoms with Gasteiger partial charge < -0.3 is 15.0 Å². The maximum Gasteiger partial charge on any atom is 0.247 e. The molecule has 3 rings (SSSR count). The molecule has 1 aromatic heterocycles. The number of ether oxygens (including phenoxy) is 1. The van der Waals surface area contributed by atoms with Crippen molar-refractivity contribution in [1.29, 1.82) is 0 Å². The Hall–Kier alpha value is -1.77. The molecule has 2 unspecified atom stereocenters. The molecule has 0 aliphatic heterocycles. The van der Waals surface area contributed by atoms with Crippen molar-refractivity contribution in [3.8, 4) is 11.4 Å². The Labute approximate surface area is 147 Å². The van der Waals surface area contributed by atoms with Crippen LogP contribution >= 0.6 is 0 Å². The highest BCUT2D eigenvalue weighted by Crippen LogP contribution is 2.55. The van der Waals surface area contributed by atoms with Crippen molar-refractivity contribution < 1.29 is 17.7 Å². The van der Waals surface area contributed by atoms with Gasteiger partial charge in [-0.3, -0.25) is 0 Å². The first-order chi connectivity index (χ1) is 11.6. The van der Waals surface area contributed by atoms with E-state index >= 15 is 0 Å². The van der Waals surface area contributed by atoms with Crippen molar-refractivity contribution in [2.45, 2.75) is 43.7 Å². The van der Waals surface area contributed by atoms with Crippen molar-refractivity contribution in [3.63, 3.8) is 0 Å². The largest absolute Gasteiger partial charge is 0.378 e. The second kappa shape index (κ2) is 5.89. The van der Waals surface area contributed by atoms with Gasteiger partial charge in [0, 0.05) is 30.3 Å². The van der Waals surface area contributed by atoms with Crippen LogP contribution in [0.5, 0.6) is 0 Å². The quantitative estimate of drug-likeness (QED) is 0.864. The maximum atomic E-state index is 11.5. The van der Waals surface area contributed by atoms with Crippen molar-refractivity contribution in [2.24, 2.45) is 11.1 Å². The zero-order valence-corrected chi connectivity index (χ0v) is 15.6. The molecule has 0 saturated heterocycles. The van der Waals surface area contributed by atoms with Crippen LogP contribution in [-0.4, -0.2) is 37.5 Å². The molecule has 2 aromatic rings. The summed E-state index contributed by atoms with van der Waals surface area (Å²) in [4.78, 5) is 4.69. The van der Waals surface area contributed by atoms with Crippen LogP contribution < -0.4 is 5.73 Å². The van der Waals surface area contributed by atoms with Crippen LogP contribution in [0.1, 0.15) is 33.1 Å². The average Bonchev–Trinajstić information content (AvgIpc) is 3.04. The standard InChI is InChI=1S/C17H23N3O4S/c1-5-23-13-10-17(18,16(13,2)3)15-19-14(20-24-15)11-6-8-12(9-7-11)25(4,21)22/h6-9,13H,5,10,18H2,1-4H3. The monoisotopic (exact) mass is 365 g/mol. The number of nitrogens with two attached hydrogens (primary N) is 1. The lowest BCUT2D eigenvalue weighted by Gasteiger charge is -2.56. The Balaban J connectivity index is 1.86. The molecule has 1 fully saturated rings. The summed E-state index contributed by atoms with van der Waals surface area (Å²) in [7, 11) is -3.24. The first kappa shape index (κ1) is 18.0. The molecular weight excluding hydrogens is 342 g/mol. The summed E-state index contributed by atoms with van der Waals surface area (Å²) in [6.45, 7) is 6.65. The van der Waals surface area contributed by atoms with Gasteiger partial charge in [-0.2, -0.15) is 4.98 Å². The SMILES string of the molecule is CCOC1CC(N)(c2nc(-c3ccc(S(C)(=O)=O)cc3)no2)C1(C)C. The fraction of sp³-hybridized carbons (Fsp3) is 0.529. The summed E-state index contributed by atoms with van der Waals surface area (Å²) >= 11 is 0. The molecule has 0 bridgehead atoms. The molecule has 2 atom stereocenters. The molecule has 1 aliphatic carbocycles. The van der Waals surface area contributed by atoms with Gasteiger partial charge in [0.05, 0.1) is 11.0 Å². The van der Waals surface area contributed by atoms with Gasteiger partial charge in [-0.1, -0.05) is 19.0 Å². The molecule has 0 amide bonds. The van der Waals surface area contributed by atoms with Gasteiger partial charge in [0.15, 0.2) is 9.84 Å². The maximum absolute atomic E-state index is 11.5. The van der Waals surface area contributed by atoms with Gasteiger partial charge in [-0.05, 0) is 31.2 Å². The van der Waals surface area contributed by atoms with E-state index in [0.717, 1.165) is 0 Å². The van der Waals surface area contributed by atoms with Gasteiger partial charge in [0.25, 0.3) is 0 Å². The van der Waals surface area contributed by atoms with Crippen molar-refractivity contribution in [1.82, 2.24) is 10.1 Å². The van der Waals surface area contributed by atoms with E-state index in [1.807, 2.05) is 20.8 Å². The zero-order chi connectivity index (χ0) is 18.5. The highest BCUT2D eigenvalue weighted by atomic mass is 32.2. The molecular formula is C17H23N3O4S. The summed E-state index contributed by atoms with van der Waals surface area (Å²) in [6.07, 6.45) is 1.83. The van der Waals surface area contributed by atoms with E-state index in [9.17, 15) is 8.42 Å². The third kappa shape index (κ3) is 2.88. The molecule has 0 spiro atoms. The first-order valence-electron chi connectivity index (χ1n) is 8.15. The number of nitrogens with zero attached hydrogens (tertiary/aromatic N) is 2. The first-order valence-corrected chi connectivity index (χ1v) is 10.0. The van der Waals surface area contributed by atoms with Crippen molar-refractivity contribution in [3.05, 3.63) is 30.2 Å². The highest BCUT2D eigenvalue weighted by Gasteiger charge is 2.62. The number of sulfone groups is 1. The summed E-state index contributed by atoms with van der Waals surface area (Å²) in [5, 5.41) is 4.01. The van der Waals surface area contributed by atoms with Crippen LogP contribution in [0.4, 0.5) is 0 Å². The van der Waals surface area contributed by atoms with E-state index in [2.05, 4.69) is 10.1 Å². The van der Waals surface area contributed by atoms with Crippen LogP contribution in [0.15, 0.2) is 33.7 Å². The Bertz CT molecular complexity index is 874. The molecule has 1 heterocycles. The number of aromatic nitrogens is 2. The summed E-state index contributed by atoms with van der Waals surface area (Å²) < 4.78 is 34.2. The topological polar surface area (TPSA) is 108 Å². The third-order valence-electron chi connectivity index (χ3n) is 5.18. The minimum absolute atomic E-state index is 0.0481. The zero-order valence-electron chi connectivity index (χ0n) is 14.8. The summed E-state index contributed by atoms with van der Waals surface area (Å²) in [5.74, 6) is 0.756. The van der Waals surface area contributed by atoms with Crippen LogP contribution in [0.3, 0.4) is 0 Å². The lowest BCUT2D eigenvalue weighted by Crippen LogP contribution is -2.67. The number of rotatable bonds is 5. The average molecular weight is 365 g/mol. The second-order valence-corrected chi connectivity index (χ2v) is 9.08. The molecule has 1 aromatic carbocycles. The predicted octanol–water partition coefficient (Wildman–Crippen LogP) is 2.13. The predicted molar refractivity (Wildman–Crippen MR) is 92.5 cm³/mol. The van der Waals surface area contributed by atoms with Gasteiger partial charge in [0.2, 0.25) is 11.7 Å². The lowest BCUT2D eigenvalue weighted by atomic mass is 9.54. The second-order valence-electron chi connectivity index (χ2n) is 7.06. The number of hydrogen-bond acceptors (Lipinski definition) is 7. The molecule has 1 saturated carbocycles. The Morgan fingerprint density at radius 3 is 2.48 bits per heavy atom. The van der Waals surface area contributed by atoms with E-state index in [0.29, 0.717) is 30.3 Å². The number of benzene rings is 1. The van der Waals surface area contributed by atoms with E-state index in [1.54, 1.807) is 12.1 Å². The minimum Gasteiger partial charge on any atom is -0.378 e. The fourth-order valence-electron chi connectivity index (χ4n) is 3.17. The molecule has 25 heavy (non-hydrogen) atoms. The molecule has 2 N–H and O–H groups in total. The van der Waals surface area contributed by atoms with Gasteiger partial charge in [-0.25, -0.2) is 8.42 Å². The van der Waals surface area contributed by atoms with E-state index in [-0.39, 0.29) is 16.4 Å². The van der Waals surface area contributed by atoms with Crippen molar-refractivity contribution in [2.75, 3.05) is 12.9 Å². The van der Waals surface area contributed by atoms with Gasteiger partial charge in [-0.15, -0.1) is 0 Å². The van der Waals surface area contributed by atoms with Crippen LogP contribution in [0.2, 0.25) is 0 Å².